The highest BCUT2D eigenvalue weighted by Gasteiger charge is 2.40. The van der Waals surface area contributed by atoms with E-state index in [1.54, 1.807) is 0 Å². The highest BCUT2D eigenvalue weighted by Crippen LogP contribution is 2.35. The van der Waals surface area contributed by atoms with Gasteiger partial charge in [0.2, 0.25) is 0 Å². The molecule has 0 radical (unpaired) electrons. The van der Waals surface area contributed by atoms with Crippen molar-refractivity contribution in [2.75, 3.05) is 20.6 Å². The molecular formula is C15H30N4. The summed E-state index contributed by atoms with van der Waals surface area (Å²) in [5, 5.41) is 3.66. The lowest BCUT2D eigenvalue weighted by Gasteiger charge is -2.45. The topological polar surface area (TPSA) is 33.1 Å². The van der Waals surface area contributed by atoms with Gasteiger partial charge in [-0.3, -0.25) is 0 Å². The van der Waals surface area contributed by atoms with Gasteiger partial charge in [0.05, 0.1) is 6.04 Å². The first-order valence-corrected chi connectivity index (χ1v) is 7.49. The molecule has 4 nitrogen and oxygen atoms in total. The minimum absolute atomic E-state index is 0.105. The quantitative estimate of drug-likeness (QED) is 0.785. The maximum absolute atomic E-state index is 4.62. The number of rotatable bonds is 8. The van der Waals surface area contributed by atoms with E-state index in [1.165, 1.54) is 0 Å². The van der Waals surface area contributed by atoms with Crippen molar-refractivity contribution in [2.24, 2.45) is 0 Å². The zero-order valence-electron chi connectivity index (χ0n) is 13.4. The summed E-state index contributed by atoms with van der Waals surface area (Å²) in [7, 11) is 4.35. The molecule has 1 rings (SSSR count). The lowest BCUT2D eigenvalue weighted by Crippen LogP contribution is -2.53. The molecule has 0 aliphatic rings. The molecule has 0 amide bonds. The van der Waals surface area contributed by atoms with Crippen molar-refractivity contribution in [3.63, 3.8) is 0 Å². The number of nitrogens with one attached hydrogen (secondary N) is 1. The van der Waals surface area contributed by atoms with Crippen molar-refractivity contribution >= 4 is 0 Å². The Labute approximate surface area is 118 Å². The summed E-state index contributed by atoms with van der Waals surface area (Å²) in [5.41, 5.74) is 0.105. The molecule has 0 saturated heterocycles. The highest BCUT2D eigenvalue weighted by atomic mass is 15.2. The number of imidazole rings is 1. The number of aryl methyl sites for hydroxylation is 1. The van der Waals surface area contributed by atoms with Crippen molar-refractivity contribution in [2.45, 2.75) is 58.7 Å². The van der Waals surface area contributed by atoms with E-state index in [9.17, 15) is 0 Å². The van der Waals surface area contributed by atoms with Crippen LogP contribution in [0.15, 0.2) is 12.4 Å². The molecule has 110 valence electrons. The Bertz CT molecular complexity index is 366. The van der Waals surface area contributed by atoms with Crippen LogP contribution >= 0.6 is 0 Å². The first kappa shape index (κ1) is 16.2. The second-order valence-electron chi connectivity index (χ2n) is 5.27. The fraction of sp³-hybridized carbons (Fsp3) is 0.800. The fourth-order valence-electron chi connectivity index (χ4n) is 3.12. The Kier molecular flexibility index (Phi) is 6.01. The van der Waals surface area contributed by atoms with Gasteiger partial charge in [-0.05, 0) is 40.4 Å². The van der Waals surface area contributed by atoms with Gasteiger partial charge in [-0.15, -0.1) is 0 Å². The van der Waals surface area contributed by atoms with E-state index >= 15 is 0 Å². The number of hydrogen-bond donors (Lipinski definition) is 1. The molecule has 0 aliphatic carbocycles. The predicted octanol–water partition coefficient (Wildman–Crippen LogP) is 2.67. The predicted molar refractivity (Wildman–Crippen MR) is 81.3 cm³/mol. The summed E-state index contributed by atoms with van der Waals surface area (Å²) in [6.07, 6.45) is 6.19. The Balaban J connectivity index is 3.25. The molecule has 1 heterocycles. The van der Waals surface area contributed by atoms with Crippen LogP contribution in [0.5, 0.6) is 0 Å². The molecule has 1 aromatic heterocycles. The minimum Gasteiger partial charge on any atom is -0.334 e. The van der Waals surface area contributed by atoms with Crippen LogP contribution in [0.3, 0.4) is 0 Å². The van der Waals surface area contributed by atoms with Gasteiger partial charge < -0.3 is 14.8 Å². The standard InChI is InChI=1S/C15H30N4/c1-7-15(8-2,18(5)6)13(16-9-3)14-17-11-12-19(14)10-4/h11-13,16H,7-10H2,1-6H3. The molecule has 1 unspecified atom stereocenters. The average Bonchev–Trinajstić information content (AvgIpc) is 2.87. The summed E-state index contributed by atoms with van der Waals surface area (Å²) in [4.78, 5) is 6.98. The monoisotopic (exact) mass is 266 g/mol. The zero-order valence-corrected chi connectivity index (χ0v) is 13.4. The number of likely N-dealkylation sites (N-methyl/N-ethyl adjacent to an activating group) is 2. The molecule has 0 saturated carbocycles. The third kappa shape index (κ3) is 3.00. The summed E-state index contributed by atoms with van der Waals surface area (Å²) in [5.74, 6) is 1.15. The summed E-state index contributed by atoms with van der Waals surface area (Å²) < 4.78 is 2.25. The number of nitrogens with zero attached hydrogens (tertiary/aromatic N) is 3. The van der Waals surface area contributed by atoms with Crippen LogP contribution in [0.4, 0.5) is 0 Å². The van der Waals surface area contributed by atoms with Crippen LogP contribution in [0.2, 0.25) is 0 Å². The second kappa shape index (κ2) is 7.06. The third-order valence-electron chi connectivity index (χ3n) is 4.41. The maximum Gasteiger partial charge on any atom is 0.127 e. The van der Waals surface area contributed by atoms with Crippen molar-refractivity contribution in [3.05, 3.63) is 18.2 Å². The van der Waals surface area contributed by atoms with E-state index in [-0.39, 0.29) is 11.6 Å². The Morgan fingerprint density at radius 1 is 1.26 bits per heavy atom. The van der Waals surface area contributed by atoms with Gasteiger partial charge in [0.15, 0.2) is 0 Å². The normalized spacial score (nSPS) is 14.1. The first-order chi connectivity index (χ1) is 9.07. The van der Waals surface area contributed by atoms with E-state index in [2.05, 4.69) is 67.8 Å². The molecule has 1 atom stereocenters. The van der Waals surface area contributed by atoms with Gasteiger partial charge in [-0.1, -0.05) is 20.8 Å². The molecular weight excluding hydrogens is 236 g/mol. The van der Waals surface area contributed by atoms with Gasteiger partial charge in [0, 0.05) is 24.5 Å². The third-order valence-corrected chi connectivity index (χ3v) is 4.41. The van der Waals surface area contributed by atoms with Gasteiger partial charge in [-0.2, -0.15) is 0 Å². The largest absolute Gasteiger partial charge is 0.334 e. The van der Waals surface area contributed by atoms with E-state index in [0.717, 1.165) is 31.8 Å². The van der Waals surface area contributed by atoms with Gasteiger partial charge in [-0.25, -0.2) is 4.98 Å². The lowest BCUT2D eigenvalue weighted by atomic mass is 9.82. The van der Waals surface area contributed by atoms with Crippen LogP contribution in [-0.2, 0) is 6.54 Å². The van der Waals surface area contributed by atoms with E-state index in [4.69, 9.17) is 0 Å². The number of hydrogen-bond acceptors (Lipinski definition) is 3. The van der Waals surface area contributed by atoms with E-state index in [0.29, 0.717) is 0 Å². The molecule has 1 aromatic rings. The average molecular weight is 266 g/mol. The van der Waals surface area contributed by atoms with Gasteiger partial charge in [0.1, 0.15) is 5.82 Å². The van der Waals surface area contributed by atoms with Gasteiger partial charge in [0.25, 0.3) is 0 Å². The fourth-order valence-corrected chi connectivity index (χ4v) is 3.12. The molecule has 0 spiro atoms. The summed E-state index contributed by atoms with van der Waals surface area (Å²) >= 11 is 0. The van der Waals surface area contributed by atoms with Crippen LogP contribution < -0.4 is 5.32 Å². The lowest BCUT2D eigenvalue weighted by molar-refractivity contribution is 0.0833. The molecule has 0 aromatic carbocycles. The van der Waals surface area contributed by atoms with Crippen LogP contribution in [0.1, 0.15) is 52.4 Å². The van der Waals surface area contributed by atoms with E-state index < -0.39 is 0 Å². The van der Waals surface area contributed by atoms with Crippen LogP contribution in [0.25, 0.3) is 0 Å². The van der Waals surface area contributed by atoms with Crippen LogP contribution in [-0.4, -0.2) is 40.6 Å². The second-order valence-corrected chi connectivity index (χ2v) is 5.27. The minimum atomic E-state index is 0.105. The molecule has 4 heteroatoms. The Hall–Kier alpha value is -0.870. The smallest absolute Gasteiger partial charge is 0.127 e. The van der Waals surface area contributed by atoms with Crippen molar-refractivity contribution in [3.8, 4) is 0 Å². The molecule has 0 bridgehead atoms. The summed E-state index contributed by atoms with van der Waals surface area (Å²) in [6, 6.07) is 0.262. The van der Waals surface area contributed by atoms with Gasteiger partial charge >= 0.3 is 0 Å². The molecule has 0 fully saturated rings. The molecule has 0 aliphatic heterocycles. The Morgan fingerprint density at radius 3 is 2.32 bits per heavy atom. The molecule has 19 heavy (non-hydrogen) atoms. The van der Waals surface area contributed by atoms with Crippen molar-refractivity contribution in [1.82, 2.24) is 19.8 Å². The highest BCUT2D eigenvalue weighted by molar-refractivity contribution is 5.10. The summed E-state index contributed by atoms with van der Waals surface area (Å²) in [6.45, 7) is 10.8. The first-order valence-electron chi connectivity index (χ1n) is 7.49. The SMILES string of the molecule is CCNC(c1nccn1CC)C(CC)(CC)N(C)C. The van der Waals surface area contributed by atoms with Crippen LogP contribution in [0, 0.1) is 0 Å². The molecule has 1 N–H and O–H groups in total. The zero-order chi connectivity index (χ0) is 14.5. The van der Waals surface area contributed by atoms with Crippen molar-refractivity contribution < 1.29 is 0 Å². The van der Waals surface area contributed by atoms with E-state index in [1.807, 2.05) is 6.20 Å². The number of aromatic nitrogens is 2. The maximum atomic E-state index is 4.62. The van der Waals surface area contributed by atoms with Crippen molar-refractivity contribution in [1.29, 1.82) is 0 Å². The Morgan fingerprint density at radius 2 is 1.89 bits per heavy atom.